The molecule has 0 bridgehead atoms. The first kappa shape index (κ1) is 22.6. The SMILES string of the molecule is CCCCN(CCCC)C(=S)[S-].S=c1[nH]c2ccccc2[nH]1.[Zn+2]. The average molecular weight is 420 g/mol. The van der Waals surface area contributed by atoms with Crippen LogP contribution in [0.15, 0.2) is 24.3 Å². The van der Waals surface area contributed by atoms with Crippen molar-refractivity contribution in [2.45, 2.75) is 39.5 Å². The van der Waals surface area contributed by atoms with Crippen molar-refractivity contribution in [3.05, 3.63) is 29.0 Å². The van der Waals surface area contributed by atoms with Crippen LogP contribution in [0.4, 0.5) is 0 Å². The Hall–Kier alpha value is -0.357. The van der Waals surface area contributed by atoms with Gasteiger partial charge >= 0.3 is 19.5 Å². The summed E-state index contributed by atoms with van der Waals surface area (Å²) in [5.41, 5.74) is 2.13. The van der Waals surface area contributed by atoms with Crippen LogP contribution >= 0.6 is 24.4 Å². The molecule has 2 rings (SSSR count). The van der Waals surface area contributed by atoms with Crippen LogP contribution in [-0.4, -0.2) is 32.3 Å². The second-order valence-electron chi connectivity index (χ2n) is 5.08. The van der Waals surface area contributed by atoms with Crippen LogP contribution in [0.1, 0.15) is 39.5 Å². The van der Waals surface area contributed by atoms with E-state index in [9.17, 15) is 0 Å². The Morgan fingerprint density at radius 2 is 1.48 bits per heavy atom. The molecule has 0 saturated heterocycles. The van der Waals surface area contributed by atoms with E-state index >= 15 is 0 Å². The number of nitrogens with zero attached hydrogens (tertiary/aromatic N) is 1. The molecule has 0 aliphatic carbocycles. The fraction of sp³-hybridized carbons (Fsp3) is 0.500. The van der Waals surface area contributed by atoms with Crippen LogP contribution in [0.5, 0.6) is 0 Å². The molecule has 0 atom stereocenters. The van der Waals surface area contributed by atoms with E-state index in [1.54, 1.807) is 0 Å². The minimum Gasteiger partial charge on any atom is -0.411 e. The Balaban J connectivity index is 0.000000406. The molecule has 0 unspecified atom stereocenters. The molecule has 0 amide bonds. The molecule has 2 aromatic rings. The number of nitrogens with one attached hydrogen (secondary N) is 2. The van der Waals surface area contributed by atoms with E-state index in [4.69, 9.17) is 37.1 Å². The topological polar surface area (TPSA) is 34.8 Å². The Bertz CT molecular complexity index is 580. The number of imidazole rings is 1. The molecule has 122 valence electrons. The van der Waals surface area contributed by atoms with Crippen molar-refractivity contribution >= 4 is 52.4 Å². The first-order valence-electron chi connectivity index (χ1n) is 7.71. The van der Waals surface area contributed by atoms with Crippen LogP contribution < -0.4 is 0 Å². The first-order valence-corrected chi connectivity index (χ1v) is 8.93. The van der Waals surface area contributed by atoms with Gasteiger partial charge in [0.05, 0.1) is 11.0 Å². The van der Waals surface area contributed by atoms with Crippen LogP contribution in [0.2, 0.25) is 0 Å². The zero-order valence-electron chi connectivity index (χ0n) is 13.9. The van der Waals surface area contributed by atoms with Crippen molar-refractivity contribution in [3.8, 4) is 0 Å². The molecule has 1 aromatic carbocycles. The van der Waals surface area contributed by atoms with Crippen molar-refractivity contribution in [1.29, 1.82) is 0 Å². The standard InChI is InChI=1S/C9H19NS2.C7H6N2S.Zn/c1-3-5-7-10(9(11)12)8-6-4-2;10-7-8-5-3-1-2-4-6(5)9-7;/h3-8H2,1-2H3,(H,11,12);1-4H,(H2,8,9,10);/q;;+2/p-1. The Morgan fingerprint density at radius 3 is 1.83 bits per heavy atom. The Morgan fingerprint density at radius 1 is 1.04 bits per heavy atom. The molecule has 3 nitrogen and oxygen atoms in total. The summed E-state index contributed by atoms with van der Waals surface area (Å²) in [4.78, 5) is 8.17. The molecule has 1 aromatic heterocycles. The zero-order valence-corrected chi connectivity index (χ0v) is 19.3. The maximum Gasteiger partial charge on any atom is 2.00 e. The van der Waals surface area contributed by atoms with Gasteiger partial charge in [-0.1, -0.05) is 43.1 Å². The quantitative estimate of drug-likeness (QED) is 0.394. The van der Waals surface area contributed by atoms with E-state index in [0.29, 0.717) is 9.09 Å². The molecule has 0 fully saturated rings. The molecule has 2 N–H and O–H groups in total. The smallest absolute Gasteiger partial charge is 0.411 e. The van der Waals surface area contributed by atoms with Gasteiger partial charge in [-0.05, 0) is 37.2 Å². The first-order chi connectivity index (χ1) is 10.6. The number of para-hydroxylation sites is 2. The van der Waals surface area contributed by atoms with E-state index in [0.717, 1.165) is 24.1 Å². The number of hydrogen-bond donors (Lipinski definition) is 2. The summed E-state index contributed by atoms with van der Waals surface area (Å²) in [7, 11) is 0. The summed E-state index contributed by atoms with van der Waals surface area (Å²) in [5, 5.41) is 0. The molecule has 0 saturated carbocycles. The summed E-state index contributed by atoms with van der Waals surface area (Å²) in [6.45, 7) is 6.45. The summed E-state index contributed by atoms with van der Waals surface area (Å²) in [6.07, 6.45) is 4.81. The molecular formula is C16H24N3S3Zn+. The molecule has 1 heterocycles. The fourth-order valence-corrected chi connectivity index (χ4v) is 2.55. The zero-order chi connectivity index (χ0) is 16.4. The van der Waals surface area contributed by atoms with Crippen molar-refractivity contribution in [3.63, 3.8) is 0 Å². The van der Waals surface area contributed by atoms with Gasteiger partial charge < -0.3 is 39.7 Å². The van der Waals surface area contributed by atoms with Gasteiger partial charge in [-0.3, -0.25) is 0 Å². The van der Waals surface area contributed by atoms with E-state index in [2.05, 4.69) is 28.7 Å². The number of fused-ring (bicyclic) bond motifs is 1. The Kier molecular flexibility index (Phi) is 12.8. The van der Waals surface area contributed by atoms with Crippen LogP contribution in [0, 0.1) is 4.77 Å². The van der Waals surface area contributed by atoms with Gasteiger partial charge in [-0.25, -0.2) is 0 Å². The van der Waals surface area contributed by atoms with Gasteiger partial charge in [0, 0.05) is 13.1 Å². The molecule has 0 aliphatic rings. The van der Waals surface area contributed by atoms with E-state index in [1.165, 1.54) is 25.7 Å². The number of hydrogen-bond acceptors (Lipinski definition) is 3. The van der Waals surface area contributed by atoms with Crippen molar-refractivity contribution in [1.82, 2.24) is 14.9 Å². The molecule has 0 radical (unpaired) electrons. The van der Waals surface area contributed by atoms with Crippen molar-refractivity contribution in [2.75, 3.05) is 13.1 Å². The van der Waals surface area contributed by atoms with E-state index in [-0.39, 0.29) is 19.5 Å². The predicted octanol–water partition coefficient (Wildman–Crippen LogP) is 4.94. The van der Waals surface area contributed by atoms with Gasteiger partial charge in [0.25, 0.3) is 0 Å². The number of H-pyrrole nitrogens is 2. The van der Waals surface area contributed by atoms with Gasteiger partial charge in [0.2, 0.25) is 0 Å². The Labute approximate surface area is 167 Å². The third kappa shape index (κ3) is 8.89. The number of thiocarbonyl (C=S) groups is 1. The number of aromatic amines is 2. The summed E-state index contributed by atoms with van der Waals surface area (Å²) >= 11 is 14.9. The molecular weight excluding hydrogens is 396 g/mol. The van der Waals surface area contributed by atoms with Crippen LogP contribution in [0.3, 0.4) is 0 Å². The molecule has 7 heteroatoms. The summed E-state index contributed by atoms with van der Waals surface area (Å²) in [5.74, 6) is 0. The summed E-state index contributed by atoms with van der Waals surface area (Å²) in [6, 6.07) is 7.92. The predicted molar refractivity (Wildman–Crippen MR) is 105 cm³/mol. The van der Waals surface area contributed by atoms with Crippen LogP contribution in [-0.2, 0) is 32.1 Å². The van der Waals surface area contributed by atoms with Crippen molar-refractivity contribution in [2.24, 2.45) is 0 Å². The maximum absolute atomic E-state index is 4.98. The van der Waals surface area contributed by atoms with E-state index in [1.807, 2.05) is 24.3 Å². The second kappa shape index (κ2) is 13.0. The summed E-state index contributed by atoms with van der Waals surface area (Å²) < 4.78 is 1.32. The van der Waals surface area contributed by atoms with E-state index < -0.39 is 0 Å². The minimum atomic E-state index is 0. The monoisotopic (exact) mass is 418 g/mol. The van der Waals surface area contributed by atoms with Crippen LogP contribution in [0.25, 0.3) is 11.0 Å². The average Bonchev–Trinajstić information content (AvgIpc) is 2.87. The number of unbranched alkanes of at least 4 members (excludes halogenated alkanes) is 2. The fourth-order valence-electron chi connectivity index (χ4n) is 1.97. The molecule has 0 aliphatic heterocycles. The van der Waals surface area contributed by atoms with Crippen molar-refractivity contribution < 1.29 is 19.5 Å². The molecule has 23 heavy (non-hydrogen) atoms. The van der Waals surface area contributed by atoms with Gasteiger partial charge in [0.1, 0.15) is 0 Å². The largest absolute Gasteiger partial charge is 2.00 e. The number of rotatable bonds is 6. The number of benzene rings is 1. The van der Waals surface area contributed by atoms with Gasteiger partial charge in [0.15, 0.2) is 4.77 Å². The van der Waals surface area contributed by atoms with Gasteiger partial charge in [-0.15, -0.1) is 0 Å². The minimum absolute atomic E-state index is 0. The molecule has 0 spiro atoms. The maximum atomic E-state index is 4.98. The van der Waals surface area contributed by atoms with Gasteiger partial charge in [-0.2, -0.15) is 0 Å². The normalized spacial score (nSPS) is 9.65. The third-order valence-corrected chi connectivity index (χ3v) is 3.97. The number of aromatic nitrogens is 2. The second-order valence-corrected chi connectivity index (χ2v) is 6.52. The third-order valence-electron chi connectivity index (χ3n) is 3.24.